The Morgan fingerprint density at radius 1 is 1.00 bits per heavy atom. The molecule has 2 aliphatic heterocycles. The molecule has 0 atom stereocenters. The van der Waals surface area contributed by atoms with Crippen LogP contribution in [-0.2, 0) is 27.8 Å². The number of rotatable bonds is 7. The molecule has 1 aromatic carbocycles. The van der Waals surface area contributed by atoms with Gasteiger partial charge in [0.1, 0.15) is 0 Å². The molecule has 2 aromatic rings. The summed E-state index contributed by atoms with van der Waals surface area (Å²) < 4.78 is 32.4. The number of hydrogen-bond donors (Lipinski definition) is 0. The first-order valence-electron chi connectivity index (χ1n) is 11.0. The Labute approximate surface area is 193 Å². The molecule has 1 amide bonds. The van der Waals surface area contributed by atoms with Crippen LogP contribution in [0, 0.1) is 0 Å². The van der Waals surface area contributed by atoms with Crippen LogP contribution >= 0.6 is 11.6 Å². The zero-order chi connectivity index (χ0) is 22.6. The van der Waals surface area contributed by atoms with Crippen LogP contribution in [0.3, 0.4) is 0 Å². The van der Waals surface area contributed by atoms with Gasteiger partial charge in [0.25, 0.3) is 0 Å². The molecule has 3 heterocycles. The number of piperidine rings is 1. The van der Waals surface area contributed by atoms with Crippen molar-refractivity contribution in [2.45, 2.75) is 43.5 Å². The lowest BCUT2D eigenvalue weighted by Crippen LogP contribution is -2.48. The maximum absolute atomic E-state index is 12.8. The third-order valence-corrected chi connectivity index (χ3v) is 8.08. The largest absolute Gasteiger partial charge is 0.343 e. The molecule has 0 N–H and O–H groups in total. The molecule has 0 spiro atoms. The maximum atomic E-state index is 12.8. The van der Waals surface area contributed by atoms with Gasteiger partial charge < -0.3 is 9.42 Å². The van der Waals surface area contributed by atoms with E-state index in [4.69, 9.17) is 16.1 Å². The van der Waals surface area contributed by atoms with Crippen molar-refractivity contribution in [1.29, 1.82) is 0 Å². The van der Waals surface area contributed by atoms with Gasteiger partial charge in [-0.25, -0.2) is 8.42 Å². The SMILES string of the molecule is O=C(CCc1nc(CN2CCN(S(=O)(=O)c3ccc(Cl)cc3)CC2)no1)N1CCCCC1. The summed E-state index contributed by atoms with van der Waals surface area (Å²) >= 11 is 5.86. The Bertz CT molecular complexity index is 1010. The molecule has 2 aliphatic rings. The van der Waals surface area contributed by atoms with E-state index in [0.29, 0.717) is 62.3 Å². The Morgan fingerprint density at radius 2 is 1.69 bits per heavy atom. The van der Waals surface area contributed by atoms with Crippen molar-refractivity contribution in [3.63, 3.8) is 0 Å². The standard InChI is InChI=1S/C21H28ClN5O4S/c22-17-4-6-18(7-5-17)32(29,30)27-14-12-25(13-15-27)16-19-23-20(31-24-19)8-9-21(28)26-10-2-1-3-11-26/h4-7H,1-3,8-16H2. The topological polar surface area (TPSA) is 99.9 Å². The van der Waals surface area contributed by atoms with Gasteiger partial charge in [0.2, 0.25) is 21.8 Å². The molecule has 0 bridgehead atoms. The van der Waals surface area contributed by atoms with Crippen molar-refractivity contribution >= 4 is 27.5 Å². The average Bonchev–Trinajstić information content (AvgIpc) is 3.26. The fourth-order valence-corrected chi connectivity index (χ4v) is 5.60. The van der Waals surface area contributed by atoms with Crippen LogP contribution in [-0.4, -0.2) is 77.8 Å². The molecule has 2 fully saturated rings. The van der Waals surface area contributed by atoms with Crippen molar-refractivity contribution < 1.29 is 17.7 Å². The van der Waals surface area contributed by atoms with Gasteiger partial charge in [0.15, 0.2) is 5.82 Å². The van der Waals surface area contributed by atoms with E-state index in [1.54, 1.807) is 12.1 Å². The molecule has 0 saturated carbocycles. The summed E-state index contributed by atoms with van der Waals surface area (Å²) in [7, 11) is -3.53. The third-order valence-electron chi connectivity index (χ3n) is 5.92. The van der Waals surface area contributed by atoms with Crippen molar-refractivity contribution in [1.82, 2.24) is 24.2 Å². The number of halogens is 1. The average molecular weight is 482 g/mol. The summed E-state index contributed by atoms with van der Waals surface area (Å²) in [5, 5.41) is 4.53. The first kappa shape index (κ1) is 23.2. The van der Waals surface area contributed by atoms with Crippen molar-refractivity contribution in [3.8, 4) is 0 Å². The van der Waals surface area contributed by atoms with E-state index in [1.807, 2.05) is 4.90 Å². The normalized spacial score (nSPS) is 18.7. The molecule has 1 aromatic heterocycles. The van der Waals surface area contributed by atoms with E-state index in [1.165, 1.54) is 22.9 Å². The minimum atomic E-state index is -3.53. The second kappa shape index (κ2) is 10.3. The molecule has 4 rings (SSSR count). The molecule has 0 radical (unpaired) electrons. The number of hydrogen-bond acceptors (Lipinski definition) is 7. The summed E-state index contributed by atoms with van der Waals surface area (Å²) in [5.41, 5.74) is 0. The smallest absolute Gasteiger partial charge is 0.243 e. The lowest BCUT2D eigenvalue weighted by molar-refractivity contribution is -0.132. The maximum Gasteiger partial charge on any atom is 0.243 e. The van der Waals surface area contributed by atoms with Gasteiger partial charge >= 0.3 is 0 Å². The number of carbonyl (C=O) groups is 1. The van der Waals surface area contributed by atoms with Crippen molar-refractivity contribution in [3.05, 3.63) is 41.0 Å². The number of likely N-dealkylation sites (tertiary alicyclic amines) is 1. The monoisotopic (exact) mass is 481 g/mol. The number of piperazine rings is 1. The number of carbonyl (C=O) groups excluding carboxylic acids is 1. The van der Waals surface area contributed by atoms with Gasteiger partial charge in [0.05, 0.1) is 11.4 Å². The molecule has 9 nitrogen and oxygen atoms in total. The summed E-state index contributed by atoms with van der Waals surface area (Å²) in [5.74, 6) is 1.16. The van der Waals surface area contributed by atoms with E-state index < -0.39 is 10.0 Å². The number of aromatic nitrogens is 2. The van der Waals surface area contributed by atoms with Crippen molar-refractivity contribution in [2.75, 3.05) is 39.3 Å². The van der Waals surface area contributed by atoms with E-state index in [2.05, 4.69) is 15.0 Å². The molecule has 0 unspecified atom stereocenters. The number of benzene rings is 1. The second-order valence-electron chi connectivity index (χ2n) is 8.18. The summed E-state index contributed by atoms with van der Waals surface area (Å²) in [4.78, 5) is 21.0. The quantitative estimate of drug-likeness (QED) is 0.597. The highest BCUT2D eigenvalue weighted by Crippen LogP contribution is 2.20. The highest BCUT2D eigenvalue weighted by molar-refractivity contribution is 7.89. The Hall–Kier alpha value is -2.01. The van der Waals surface area contributed by atoms with Crippen LogP contribution in [0.4, 0.5) is 0 Å². The highest BCUT2D eigenvalue weighted by Gasteiger charge is 2.29. The van der Waals surface area contributed by atoms with Crippen LogP contribution in [0.25, 0.3) is 0 Å². The van der Waals surface area contributed by atoms with Crippen LogP contribution < -0.4 is 0 Å². The lowest BCUT2D eigenvalue weighted by atomic mass is 10.1. The Balaban J connectivity index is 1.24. The lowest BCUT2D eigenvalue weighted by Gasteiger charge is -2.33. The van der Waals surface area contributed by atoms with E-state index >= 15 is 0 Å². The minimum Gasteiger partial charge on any atom is -0.343 e. The van der Waals surface area contributed by atoms with Crippen LogP contribution in [0.2, 0.25) is 5.02 Å². The fourth-order valence-electron chi connectivity index (χ4n) is 4.05. The molecule has 11 heteroatoms. The Kier molecular flexibility index (Phi) is 7.44. The van der Waals surface area contributed by atoms with Crippen LogP contribution in [0.5, 0.6) is 0 Å². The predicted octanol–water partition coefficient (Wildman–Crippen LogP) is 2.17. The summed E-state index contributed by atoms with van der Waals surface area (Å²) in [6, 6.07) is 6.22. The predicted molar refractivity (Wildman–Crippen MR) is 119 cm³/mol. The molecular formula is C21H28ClN5O4S. The second-order valence-corrected chi connectivity index (χ2v) is 10.6. The van der Waals surface area contributed by atoms with Gasteiger partial charge in [-0.15, -0.1) is 0 Å². The zero-order valence-corrected chi connectivity index (χ0v) is 19.5. The number of aryl methyl sites for hydroxylation is 1. The highest BCUT2D eigenvalue weighted by atomic mass is 35.5. The van der Waals surface area contributed by atoms with E-state index in [-0.39, 0.29) is 10.8 Å². The minimum absolute atomic E-state index is 0.141. The fraction of sp³-hybridized carbons (Fsp3) is 0.571. The number of nitrogens with zero attached hydrogens (tertiary/aromatic N) is 5. The Morgan fingerprint density at radius 3 is 2.38 bits per heavy atom. The van der Waals surface area contributed by atoms with Gasteiger partial charge in [-0.2, -0.15) is 9.29 Å². The molecule has 2 saturated heterocycles. The molecule has 0 aliphatic carbocycles. The van der Waals surface area contributed by atoms with Gasteiger partial charge in [-0.3, -0.25) is 9.69 Å². The van der Waals surface area contributed by atoms with Crippen LogP contribution in [0.1, 0.15) is 37.4 Å². The first-order chi connectivity index (χ1) is 15.4. The summed E-state index contributed by atoms with van der Waals surface area (Å²) in [6.45, 7) is 4.09. The van der Waals surface area contributed by atoms with Gasteiger partial charge in [-0.05, 0) is 43.5 Å². The molecule has 32 heavy (non-hydrogen) atoms. The van der Waals surface area contributed by atoms with E-state index in [9.17, 15) is 13.2 Å². The summed E-state index contributed by atoms with van der Waals surface area (Å²) in [6.07, 6.45) is 4.16. The van der Waals surface area contributed by atoms with Gasteiger partial charge in [0, 0.05) is 57.1 Å². The number of amides is 1. The van der Waals surface area contributed by atoms with E-state index in [0.717, 1.165) is 25.9 Å². The third kappa shape index (κ3) is 5.67. The first-order valence-corrected chi connectivity index (χ1v) is 12.8. The van der Waals surface area contributed by atoms with Gasteiger partial charge in [-0.1, -0.05) is 16.8 Å². The molecular weight excluding hydrogens is 454 g/mol. The zero-order valence-electron chi connectivity index (χ0n) is 17.9. The van der Waals surface area contributed by atoms with Crippen molar-refractivity contribution in [2.24, 2.45) is 0 Å². The van der Waals surface area contributed by atoms with Crippen LogP contribution in [0.15, 0.2) is 33.7 Å². The molecule has 174 valence electrons. The number of sulfonamides is 1.